The van der Waals surface area contributed by atoms with Gasteiger partial charge >= 0.3 is 0 Å². The summed E-state index contributed by atoms with van der Waals surface area (Å²) in [7, 11) is 3.67. The van der Waals surface area contributed by atoms with Crippen molar-refractivity contribution in [2.75, 3.05) is 33.4 Å². The molecule has 0 radical (unpaired) electrons. The molecule has 0 saturated carbocycles. The molecular weight excluding hydrogens is 486 g/mol. The second-order valence-corrected chi connectivity index (χ2v) is 11.2. The maximum absolute atomic E-state index is 13.9. The SMILES string of the molecule is COCCN1C[C@@H](CC(=O)Cc2c(C)c(-c3cnn(C)c3)nn2-c2ccccc2)[C@@]2(CCc3ccccc32)C1. The zero-order valence-corrected chi connectivity index (χ0v) is 23.1. The standard InChI is InChI=1S/C32H37N5O2/c1-23-30(37(27-10-5-4-6-11-27)34-31(23)25-19-33-35(2)20-25)18-28(38)17-26-21-36(15-16-39-3)22-32(26)14-13-24-9-7-8-12-29(24)32/h4-12,19-20,26H,13-18,21-22H2,1-3H3/t26-,32-/m1/s1. The van der Waals surface area contributed by atoms with Crippen molar-refractivity contribution in [3.63, 3.8) is 0 Å². The van der Waals surface area contributed by atoms with Crippen LogP contribution in [0.15, 0.2) is 67.0 Å². The zero-order chi connectivity index (χ0) is 27.0. The van der Waals surface area contributed by atoms with Crippen LogP contribution in [0.25, 0.3) is 16.9 Å². The Morgan fingerprint density at radius 1 is 1.13 bits per heavy atom. The molecule has 6 rings (SSSR count). The smallest absolute Gasteiger partial charge is 0.139 e. The Labute approximate surface area is 230 Å². The van der Waals surface area contributed by atoms with Crippen molar-refractivity contribution < 1.29 is 9.53 Å². The van der Waals surface area contributed by atoms with Crippen LogP contribution >= 0.6 is 0 Å². The lowest BCUT2D eigenvalue weighted by molar-refractivity contribution is -0.119. The molecule has 1 aliphatic carbocycles. The van der Waals surface area contributed by atoms with Crippen LogP contribution in [-0.4, -0.2) is 63.6 Å². The average Bonchev–Trinajstić information content (AvgIpc) is 3.71. The molecule has 7 heteroatoms. The number of fused-ring (bicyclic) bond motifs is 2. The van der Waals surface area contributed by atoms with Gasteiger partial charge in [-0.2, -0.15) is 10.2 Å². The minimum atomic E-state index is 0.0373. The van der Waals surface area contributed by atoms with E-state index < -0.39 is 0 Å². The Kier molecular flexibility index (Phi) is 6.95. The largest absolute Gasteiger partial charge is 0.383 e. The number of carbonyl (C=O) groups excluding carboxylic acids is 1. The van der Waals surface area contributed by atoms with Gasteiger partial charge in [0.15, 0.2) is 0 Å². The number of Topliss-reactive ketones (excluding diaryl/α,β-unsaturated/α-hetero) is 1. The van der Waals surface area contributed by atoms with Crippen LogP contribution in [0.3, 0.4) is 0 Å². The van der Waals surface area contributed by atoms with Gasteiger partial charge in [0.1, 0.15) is 5.78 Å². The second kappa shape index (κ2) is 10.5. The molecule has 0 amide bonds. The summed E-state index contributed by atoms with van der Waals surface area (Å²) >= 11 is 0. The van der Waals surface area contributed by atoms with Crippen LogP contribution in [0.5, 0.6) is 0 Å². The number of aryl methyl sites for hydroxylation is 2. The fourth-order valence-corrected chi connectivity index (χ4v) is 6.91. The van der Waals surface area contributed by atoms with Gasteiger partial charge in [0, 0.05) is 63.8 Å². The van der Waals surface area contributed by atoms with Crippen molar-refractivity contribution >= 4 is 5.78 Å². The van der Waals surface area contributed by atoms with Gasteiger partial charge in [-0.25, -0.2) is 4.68 Å². The number of nitrogens with zero attached hydrogens (tertiary/aromatic N) is 5. The lowest BCUT2D eigenvalue weighted by Gasteiger charge is -2.31. The maximum atomic E-state index is 13.9. The van der Waals surface area contributed by atoms with E-state index in [1.807, 2.05) is 54.5 Å². The summed E-state index contributed by atoms with van der Waals surface area (Å²) in [6, 6.07) is 19.0. The number of hydrogen-bond donors (Lipinski definition) is 0. The van der Waals surface area contributed by atoms with Gasteiger partial charge in [-0.05, 0) is 54.5 Å². The average molecular weight is 524 g/mol. The Balaban J connectivity index is 1.30. The van der Waals surface area contributed by atoms with Gasteiger partial charge in [0.25, 0.3) is 0 Å². The van der Waals surface area contributed by atoms with E-state index in [-0.39, 0.29) is 17.1 Å². The number of aromatic nitrogens is 4. The topological polar surface area (TPSA) is 65.2 Å². The van der Waals surface area contributed by atoms with E-state index in [4.69, 9.17) is 9.84 Å². The van der Waals surface area contributed by atoms with Crippen molar-refractivity contribution in [1.82, 2.24) is 24.5 Å². The third-order valence-corrected chi connectivity index (χ3v) is 8.83. The predicted molar refractivity (Wildman–Crippen MR) is 152 cm³/mol. The molecule has 39 heavy (non-hydrogen) atoms. The first-order chi connectivity index (χ1) is 19.0. The summed E-state index contributed by atoms with van der Waals surface area (Å²) in [6.45, 7) is 5.62. The molecule has 0 bridgehead atoms. The number of likely N-dealkylation sites (tertiary alicyclic amines) is 1. The summed E-state index contributed by atoms with van der Waals surface area (Å²) in [5.41, 5.74) is 7.73. The molecular formula is C32H37N5O2. The van der Waals surface area contributed by atoms with Crippen molar-refractivity contribution in [3.05, 3.63) is 89.4 Å². The molecule has 1 fully saturated rings. The minimum absolute atomic E-state index is 0.0373. The van der Waals surface area contributed by atoms with Crippen molar-refractivity contribution in [2.45, 2.75) is 38.0 Å². The molecule has 2 aromatic heterocycles. The van der Waals surface area contributed by atoms with Gasteiger partial charge in [0.2, 0.25) is 0 Å². The Hall–Kier alpha value is -3.55. The highest BCUT2D eigenvalue weighted by molar-refractivity contribution is 5.82. The first-order valence-electron chi connectivity index (χ1n) is 13.9. The lowest BCUT2D eigenvalue weighted by Crippen LogP contribution is -2.35. The number of hydrogen-bond acceptors (Lipinski definition) is 5. The monoisotopic (exact) mass is 523 g/mol. The molecule has 202 valence electrons. The Bertz CT molecular complexity index is 1470. The number of benzene rings is 2. The van der Waals surface area contributed by atoms with Crippen LogP contribution in [0.2, 0.25) is 0 Å². The summed E-state index contributed by atoms with van der Waals surface area (Å²) in [6.07, 6.45) is 6.95. The van der Waals surface area contributed by atoms with Crippen LogP contribution in [-0.2, 0) is 34.8 Å². The number of ether oxygens (including phenoxy) is 1. The number of carbonyl (C=O) groups is 1. The van der Waals surface area contributed by atoms with E-state index in [1.54, 1.807) is 11.8 Å². The molecule has 7 nitrogen and oxygen atoms in total. The molecule has 0 unspecified atom stereocenters. The zero-order valence-electron chi connectivity index (χ0n) is 23.1. The first-order valence-corrected chi connectivity index (χ1v) is 13.9. The van der Waals surface area contributed by atoms with Crippen LogP contribution < -0.4 is 0 Å². The van der Waals surface area contributed by atoms with E-state index in [0.29, 0.717) is 19.4 Å². The third-order valence-electron chi connectivity index (χ3n) is 8.83. The number of ketones is 1. The quantitative estimate of drug-likeness (QED) is 0.322. The maximum Gasteiger partial charge on any atom is 0.139 e. The fourth-order valence-electron chi connectivity index (χ4n) is 6.91. The number of rotatable bonds is 9. The molecule has 4 aromatic rings. The normalized spacial score (nSPS) is 20.6. The lowest BCUT2D eigenvalue weighted by atomic mass is 9.71. The van der Waals surface area contributed by atoms with Gasteiger partial charge in [-0.15, -0.1) is 0 Å². The van der Waals surface area contributed by atoms with Gasteiger partial charge in [0.05, 0.1) is 29.9 Å². The second-order valence-electron chi connectivity index (χ2n) is 11.2. The molecule has 1 saturated heterocycles. The van der Waals surface area contributed by atoms with Gasteiger partial charge < -0.3 is 4.74 Å². The minimum Gasteiger partial charge on any atom is -0.383 e. The number of methoxy groups -OCH3 is 1. The van der Waals surface area contributed by atoms with E-state index in [9.17, 15) is 4.79 Å². The van der Waals surface area contributed by atoms with E-state index in [2.05, 4.69) is 41.2 Å². The van der Waals surface area contributed by atoms with E-state index in [1.165, 1.54) is 11.1 Å². The highest BCUT2D eigenvalue weighted by Crippen LogP contribution is 2.50. The highest BCUT2D eigenvalue weighted by atomic mass is 16.5. The van der Waals surface area contributed by atoms with Crippen LogP contribution in [0.1, 0.15) is 35.2 Å². The molecule has 3 heterocycles. The molecule has 1 aliphatic heterocycles. The van der Waals surface area contributed by atoms with Gasteiger partial charge in [-0.1, -0.05) is 42.5 Å². The summed E-state index contributed by atoms with van der Waals surface area (Å²) in [4.78, 5) is 16.4. The van der Waals surface area contributed by atoms with E-state index >= 15 is 0 Å². The summed E-state index contributed by atoms with van der Waals surface area (Å²) in [5.74, 6) is 0.562. The molecule has 0 N–H and O–H groups in total. The Morgan fingerprint density at radius 2 is 1.92 bits per heavy atom. The summed E-state index contributed by atoms with van der Waals surface area (Å²) in [5, 5.41) is 9.33. The molecule has 2 aromatic carbocycles. The highest BCUT2D eigenvalue weighted by Gasteiger charge is 2.51. The van der Waals surface area contributed by atoms with Gasteiger partial charge in [-0.3, -0.25) is 14.4 Å². The fraction of sp³-hybridized carbons (Fsp3) is 0.406. The molecule has 2 aliphatic rings. The number of para-hydroxylation sites is 1. The Morgan fingerprint density at radius 3 is 2.69 bits per heavy atom. The molecule has 2 atom stereocenters. The molecule has 1 spiro atoms. The van der Waals surface area contributed by atoms with Crippen molar-refractivity contribution in [2.24, 2.45) is 13.0 Å². The first kappa shape index (κ1) is 25.7. The third kappa shape index (κ3) is 4.74. The van der Waals surface area contributed by atoms with Crippen LogP contribution in [0, 0.1) is 12.8 Å². The van der Waals surface area contributed by atoms with Crippen LogP contribution in [0.4, 0.5) is 0 Å². The van der Waals surface area contributed by atoms with Crippen molar-refractivity contribution in [1.29, 1.82) is 0 Å². The van der Waals surface area contributed by atoms with E-state index in [0.717, 1.165) is 60.7 Å². The van der Waals surface area contributed by atoms with Crippen molar-refractivity contribution in [3.8, 4) is 16.9 Å². The predicted octanol–water partition coefficient (Wildman–Crippen LogP) is 4.55. The summed E-state index contributed by atoms with van der Waals surface area (Å²) < 4.78 is 9.15.